The highest BCUT2D eigenvalue weighted by Gasteiger charge is 2.33. The first-order valence-corrected chi connectivity index (χ1v) is 11.7. The van der Waals surface area contributed by atoms with Crippen LogP contribution < -0.4 is 9.47 Å². The van der Waals surface area contributed by atoms with Gasteiger partial charge in [-0.15, -0.1) is 10.2 Å². The van der Waals surface area contributed by atoms with Gasteiger partial charge in [0.25, 0.3) is 5.89 Å². The number of piperidine rings is 1. The maximum Gasteiger partial charge on any atom is 0.253 e. The molecule has 0 saturated carbocycles. The molecule has 0 spiro atoms. The number of hydrogen-bond acceptors (Lipinski definition) is 7. The molecule has 164 valence electrons. The fraction of sp³-hybridized carbons (Fsp3) is 0.364. The lowest BCUT2D eigenvalue weighted by atomic mass is 10.00. The number of benzene rings is 2. The van der Waals surface area contributed by atoms with Crippen molar-refractivity contribution in [2.75, 3.05) is 19.7 Å². The minimum absolute atomic E-state index is 0.149. The second kappa shape index (κ2) is 9.49. The van der Waals surface area contributed by atoms with Gasteiger partial charge in [0.1, 0.15) is 11.5 Å². The van der Waals surface area contributed by atoms with Crippen molar-refractivity contribution >= 4 is 10.0 Å². The molecule has 0 amide bonds. The fourth-order valence-corrected chi connectivity index (χ4v) is 5.06. The van der Waals surface area contributed by atoms with Gasteiger partial charge in [0.2, 0.25) is 15.9 Å². The molecule has 1 atom stereocenters. The van der Waals surface area contributed by atoms with Crippen molar-refractivity contribution in [1.29, 1.82) is 0 Å². The molecule has 0 unspecified atom stereocenters. The first kappa shape index (κ1) is 21.3. The van der Waals surface area contributed by atoms with Crippen molar-refractivity contribution in [2.24, 2.45) is 0 Å². The number of hydrogen-bond donors (Lipinski definition) is 0. The van der Waals surface area contributed by atoms with E-state index in [2.05, 4.69) is 10.2 Å². The molecular weight excluding hydrogens is 418 g/mol. The fourth-order valence-electron chi connectivity index (χ4n) is 3.54. The molecule has 9 heteroatoms. The van der Waals surface area contributed by atoms with Crippen molar-refractivity contribution in [2.45, 2.75) is 37.2 Å². The molecule has 1 aliphatic rings. The number of ether oxygens (including phenoxy) is 2. The molecule has 0 radical (unpaired) electrons. The van der Waals surface area contributed by atoms with Crippen LogP contribution >= 0.6 is 0 Å². The number of nitrogens with zero attached hydrogens (tertiary/aromatic N) is 3. The van der Waals surface area contributed by atoms with E-state index in [9.17, 15) is 8.42 Å². The standard InChI is InChI=1S/C22H25N3O5S/c1-2-28-19-10-12-20(13-11-19)31(26,27)25-14-6-7-17(15-25)22-24-23-21(30-22)16-29-18-8-4-3-5-9-18/h3-5,8-13,17H,2,6-7,14-16H2,1H3/t17-/m1/s1. The van der Waals surface area contributed by atoms with Gasteiger partial charge in [-0.3, -0.25) is 0 Å². The van der Waals surface area contributed by atoms with Crippen LogP contribution in [0.3, 0.4) is 0 Å². The summed E-state index contributed by atoms with van der Waals surface area (Å²) in [6, 6.07) is 15.9. The van der Waals surface area contributed by atoms with Crippen LogP contribution in [0.5, 0.6) is 11.5 Å². The van der Waals surface area contributed by atoms with Gasteiger partial charge in [-0.1, -0.05) is 18.2 Å². The van der Waals surface area contributed by atoms with Gasteiger partial charge in [-0.25, -0.2) is 8.42 Å². The number of sulfonamides is 1. The topological polar surface area (TPSA) is 94.8 Å². The lowest BCUT2D eigenvalue weighted by molar-refractivity contribution is 0.243. The summed E-state index contributed by atoms with van der Waals surface area (Å²) < 4.78 is 44.5. The van der Waals surface area contributed by atoms with Crippen LogP contribution in [-0.2, 0) is 16.6 Å². The average Bonchev–Trinajstić information content (AvgIpc) is 3.28. The van der Waals surface area contributed by atoms with Gasteiger partial charge < -0.3 is 13.9 Å². The third-order valence-electron chi connectivity index (χ3n) is 5.09. The van der Waals surface area contributed by atoms with Crippen LogP contribution in [-0.4, -0.2) is 42.6 Å². The second-order valence-electron chi connectivity index (χ2n) is 7.24. The molecule has 1 aromatic heterocycles. The molecule has 8 nitrogen and oxygen atoms in total. The molecule has 3 aromatic rings. The van der Waals surface area contributed by atoms with E-state index in [4.69, 9.17) is 13.9 Å². The lowest BCUT2D eigenvalue weighted by Gasteiger charge is -2.30. The summed E-state index contributed by atoms with van der Waals surface area (Å²) in [6.45, 7) is 3.34. The second-order valence-corrected chi connectivity index (χ2v) is 9.18. The SMILES string of the molecule is CCOc1ccc(S(=O)(=O)N2CCC[C@@H](c3nnc(COc4ccccc4)o3)C2)cc1. The molecule has 1 aliphatic heterocycles. The normalized spacial score (nSPS) is 17.4. The summed E-state index contributed by atoms with van der Waals surface area (Å²) >= 11 is 0. The number of aromatic nitrogens is 2. The van der Waals surface area contributed by atoms with E-state index >= 15 is 0 Å². The smallest absolute Gasteiger partial charge is 0.253 e. The lowest BCUT2D eigenvalue weighted by Crippen LogP contribution is -2.39. The molecule has 0 bridgehead atoms. The summed E-state index contributed by atoms with van der Waals surface area (Å²) in [5.41, 5.74) is 0. The number of para-hydroxylation sites is 1. The van der Waals surface area contributed by atoms with Crippen molar-refractivity contribution in [3.8, 4) is 11.5 Å². The highest BCUT2D eigenvalue weighted by molar-refractivity contribution is 7.89. The zero-order valence-electron chi connectivity index (χ0n) is 17.3. The molecule has 0 N–H and O–H groups in total. The van der Waals surface area contributed by atoms with E-state index in [1.54, 1.807) is 24.3 Å². The minimum atomic E-state index is -3.61. The number of rotatable bonds is 8. The quantitative estimate of drug-likeness (QED) is 0.525. The molecule has 1 fully saturated rings. The predicted octanol–water partition coefficient (Wildman–Crippen LogP) is 3.62. The van der Waals surface area contributed by atoms with Gasteiger partial charge in [-0.05, 0) is 56.2 Å². The van der Waals surface area contributed by atoms with Crippen molar-refractivity contribution < 1.29 is 22.3 Å². The van der Waals surface area contributed by atoms with E-state index in [-0.39, 0.29) is 17.4 Å². The van der Waals surface area contributed by atoms with Crippen LogP contribution in [0.15, 0.2) is 63.9 Å². The largest absolute Gasteiger partial charge is 0.494 e. The Hall–Kier alpha value is -2.91. The van der Waals surface area contributed by atoms with Crippen LogP contribution in [0.25, 0.3) is 0 Å². The average molecular weight is 444 g/mol. The van der Waals surface area contributed by atoms with E-state index in [0.29, 0.717) is 43.0 Å². The third kappa shape index (κ3) is 5.05. The first-order valence-electron chi connectivity index (χ1n) is 10.3. The van der Waals surface area contributed by atoms with Crippen molar-refractivity contribution in [1.82, 2.24) is 14.5 Å². The summed E-state index contributed by atoms with van der Waals surface area (Å²) in [7, 11) is -3.61. The third-order valence-corrected chi connectivity index (χ3v) is 6.97. The van der Waals surface area contributed by atoms with Crippen LogP contribution in [0.1, 0.15) is 37.5 Å². The van der Waals surface area contributed by atoms with Crippen LogP contribution in [0.4, 0.5) is 0 Å². The van der Waals surface area contributed by atoms with Crippen molar-refractivity contribution in [3.63, 3.8) is 0 Å². The van der Waals surface area contributed by atoms with E-state index in [1.165, 1.54) is 4.31 Å². The summed E-state index contributed by atoms with van der Waals surface area (Å²) in [4.78, 5) is 0.249. The van der Waals surface area contributed by atoms with Crippen LogP contribution in [0.2, 0.25) is 0 Å². The Morgan fingerprint density at radius 2 is 1.77 bits per heavy atom. The first-order chi connectivity index (χ1) is 15.1. The van der Waals surface area contributed by atoms with Crippen molar-refractivity contribution in [3.05, 3.63) is 66.4 Å². The Bertz CT molecular complexity index is 1080. The van der Waals surface area contributed by atoms with Gasteiger partial charge in [0.15, 0.2) is 6.61 Å². The Balaban J connectivity index is 1.41. The maximum absolute atomic E-state index is 13.1. The highest BCUT2D eigenvalue weighted by atomic mass is 32.2. The minimum Gasteiger partial charge on any atom is -0.494 e. The maximum atomic E-state index is 13.1. The molecule has 4 rings (SSSR count). The summed E-state index contributed by atoms with van der Waals surface area (Å²) in [5.74, 6) is 2.02. The Kier molecular flexibility index (Phi) is 6.53. The monoisotopic (exact) mass is 443 g/mol. The summed E-state index contributed by atoms with van der Waals surface area (Å²) in [6.07, 6.45) is 1.51. The Labute approximate surface area is 181 Å². The Morgan fingerprint density at radius 1 is 1.03 bits per heavy atom. The van der Waals surface area contributed by atoms with Crippen LogP contribution in [0, 0.1) is 0 Å². The highest BCUT2D eigenvalue weighted by Crippen LogP contribution is 2.30. The van der Waals surface area contributed by atoms with Gasteiger partial charge >= 0.3 is 0 Å². The molecular formula is C22H25N3O5S. The van der Waals surface area contributed by atoms with E-state index in [1.807, 2.05) is 37.3 Å². The van der Waals surface area contributed by atoms with Gasteiger partial charge in [-0.2, -0.15) is 4.31 Å². The van der Waals surface area contributed by atoms with E-state index < -0.39 is 10.0 Å². The molecule has 0 aliphatic carbocycles. The molecule has 2 heterocycles. The summed E-state index contributed by atoms with van der Waals surface area (Å²) in [5, 5.41) is 8.19. The molecule has 31 heavy (non-hydrogen) atoms. The van der Waals surface area contributed by atoms with E-state index in [0.717, 1.165) is 12.8 Å². The zero-order chi connectivity index (χ0) is 21.7. The molecule has 2 aromatic carbocycles. The molecule has 1 saturated heterocycles. The van der Waals surface area contributed by atoms with Gasteiger partial charge in [0.05, 0.1) is 17.4 Å². The predicted molar refractivity (Wildman–Crippen MR) is 113 cm³/mol. The Morgan fingerprint density at radius 3 is 2.52 bits per heavy atom. The van der Waals surface area contributed by atoms with Gasteiger partial charge in [0, 0.05) is 13.1 Å². The zero-order valence-corrected chi connectivity index (χ0v) is 18.1.